The largest absolute Gasteiger partial charge is 0.326 e. The summed E-state index contributed by atoms with van der Waals surface area (Å²) in [5.41, 5.74) is 1.78. The van der Waals surface area contributed by atoms with E-state index < -0.39 is 10.0 Å². The van der Waals surface area contributed by atoms with Gasteiger partial charge in [-0.2, -0.15) is 0 Å². The Morgan fingerprint density at radius 1 is 1.19 bits per heavy atom. The van der Waals surface area contributed by atoms with Crippen LogP contribution in [0.15, 0.2) is 40.9 Å². The van der Waals surface area contributed by atoms with Crippen molar-refractivity contribution in [3.05, 3.63) is 56.5 Å². The zero-order valence-electron chi connectivity index (χ0n) is 14.8. The molecule has 0 fully saturated rings. The van der Waals surface area contributed by atoms with Gasteiger partial charge >= 0.3 is 0 Å². The lowest BCUT2D eigenvalue weighted by Gasteiger charge is -2.24. The number of benzene rings is 2. The SMILES string of the molecule is Cc1c(Cl)cccc1N(CCCC(=O)Nc1ccc(Br)c(Cl)c1)S(C)(=O)=O. The van der Waals surface area contributed by atoms with Crippen LogP contribution in [0.25, 0.3) is 0 Å². The molecule has 0 spiro atoms. The molecule has 2 aromatic rings. The topological polar surface area (TPSA) is 66.5 Å². The van der Waals surface area contributed by atoms with Crippen LogP contribution in [0.3, 0.4) is 0 Å². The molecule has 146 valence electrons. The summed E-state index contributed by atoms with van der Waals surface area (Å²) in [6.45, 7) is 1.94. The lowest BCUT2D eigenvalue weighted by molar-refractivity contribution is -0.116. The maximum absolute atomic E-state index is 12.2. The van der Waals surface area contributed by atoms with Crippen LogP contribution in [0.1, 0.15) is 18.4 Å². The van der Waals surface area contributed by atoms with E-state index in [-0.39, 0.29) is 18.9 Å². The first-order chi connectivity index (χ1) is 12.6. The summed E-state index contributed by atoms with van der Waals surface area (Å²) in [6.07, 6.45) is 1.66. The summed E-state index contributed by atoms with van der Waals surface area (Å²) >= 11 is 15.4. The van der Waals surface area contributed by atoms with Crippen LogP contribution in [-0.2, 0) is 14.8 Å². The van der Waals surface area contributed by atoms with Gasteiger partial charge in [0.1, 0.15) is 0 Å². The number of hydrogen-bond acceptors (Lipinski definition) is 3. The first-order valence-electron chi connectivity index (χ1n) is 8.07. The molecule has 0 bridgehead atoms. The van der Waals surface area contributed by atoms with Gasteiger partial charge in [0, 0.05) is 28.1 Å². The lowest BCUT2D eigenvalue weighted by atomic mass is 10.2. The van der Waals surface area contributed by atoms with Crippen LogP contribution in [0.4, 0.5) is 11.4 Å². The van der Waals surface area contributed by atoms with Crippen molar-refractivity contribution in [3.63, 3.8) is 0 Å². The second-order valence-corrected chi connectivity index (χ2v) is 9.58. The number of hydrogen-bond donors (Lipinski definition) is 1. The fourth-order valence-corrected chi connectivity index (χ4v) is 4.12. The normalized spacial score (nSPS) is 11.3. The van der Waals surface area contributed by atoms with Crippen molar-refractivity contribution in [2.75, 3.05) is 22.4 Å². The smallest absolute Gasteiger partial charge is 0.232 e. The van der Waals surface area contributed by atoms with E-state index in [1.165, 1.54) is 4.31 Å². The molecule has 5 nitrogen and oxygen atoms in total. The number of rotatable bonds is 7. The first kappa shape index (κ1) is 22.0. The molecule has 0 aromatic heterocycles. The van der Waals surface area contributed by atoms with Gasteiger partial charge in [-0.15, -0.1) is 0 Å². The van der Waals surface area contributed by atoms with Gasteiger partial charge in [-0.3, -0.25) is 9.10 Å². The second-order valence-electron chi connectivity index (χ2n) is 6.00. The van der Waals surface area contributed by atoms with Crippen LogP contribution < -0.4 is 9.62 Å². The van der Waals surface area contributed by atoms with Gasteiger partial charge in [0.25, 0.3) is 0 Å². The third-order valence-corrected chi connectivity index (χ3v) is 6.70. The molecule has 1 N–H and O–H groups in total. The molecule has 1 amide bonds. The maximum Gasteiger partial charge on any atom is 0.232 e. The van der Waals surface area contributed by atoms with Crippen LogP contribution in [0, 0.1) is 6.92 Å². The van der Waals surface area contributed by atoms with Gasteiger partial charge in [0.15, 0.2) is 0 Å². The van der Waals surface area contributed by atoms with E-state index in [1.807, 2.05) is 0 Å². The number of nitrogens with one attached hydrogen (secondary N) is 1. The van der Waals surface area contributed by atoms with Gasteiger partial charge < -0.3 is 5.32 Å². The third kappa shape index (κ3) is 6.10. The average Bonchev–Trinajstić information content (AvgIpc) is 2.57. The fraction of sp³-hybridized carbons (Fsp3) is 0.278. The minimum atomic E-state index is -3.50. The quantitative estimate of drug-likeness (QED) is 0.572. The van der Waals surface area contributed by atoms with Crippen LogP contribution in [0.2, 0.25) is 10.0 Å². The molecule has 27 heavy (non-hydrogen) atoms. The highest BCUT2D eigenvalue weighted by Crippen LogP contribution is 2.29. The van der Waals surface area contributed by atoms with Crippen molar-refractivity contribution in [3.8, 4) is 0 Å². The molecule has 0 radical (unpaired) electrons. The molecule has 0 atom stereocenters. The molecular weight excluding hydrogens is 475 g/mol. The number of sulfonamides is 1. The molecule has 0 aliphatic carbocycles. The Morgan fingerprint density at radius 2 is 1.89 bits per heavy atom. The Bertz CT molecular complexity index is 952. The van der Waals surface area contributed by atoms with Crippen molar-refractivity contribution in [1.82, 2.24) is 0 Å². The molecule has 2 rings (SSSR count). The highest BCUT2D eigenvalue weighted by Gasteiger charge is 2.20. The summed E-state index contributed by atoms with van der Waals surface area (Å²) in [7, 11) is -3.50. The Labute approximate surface area is 177 Å². The third-order valence-electron chi connectivity index (χ3n) is 3.88. The van der Waals surface area contributed by atoms with Crippen LogP contribution >= 0.6 is 39.1 Å². The molecule has 0 saturated carbocycles. The zero-order valence-corrected chi connectivity index (χ0v) is 18.7. The predicted molar refractivity (Wildman–Crippen MR) is 115 cm³/mol. The Balaban J connectivity index is 2.02. The second kappa shape index (κ2) is 9.28. The van der Waals surface area contributed by atoms with Gasteiger partial charge in [-0.05, 0) is 65.2 Å². The van der Waals surface area contributed by atoms with Gasteiger partial charge in [0.2, 0.25) is 15.9 Å². The van der Waals surface area contributed by atoms with Crippen LogP contribution in [-0.4, -0.2) is 27.1 Å². The lowest BCUT2D eigenvalue weighted by Crippen LogP contribution is -2.32. The first-order valence-corrected chi connectivity index (χ1v) is 11.5. The summed E-state index contributed by atoms with van der Waals surface area (Å²) in [6, 6.07) is 10.2. The molecule has 2 aromatic carbocycles. The van der Waals surface area contributed by atoms with Gasteiger partial charge in [0.05, 0.1) is 17.0 Å². The maximum atomic E-state index is 12.2. The number of nitrogens with zero attached hydrogens (tertiary/aromatic N) is 1. The number of halogens is 3. The van der Waals surface area contributed by atoms with E-state index in [1.54, 1.807) is 43.3 Å². The fourth-order valence-electron chi connectivity index (χ4n) is 2.51. The van der Waals surface area contributed by atoms with Crippen molar-refractivity contribution in [2.45, 2.75) is 19.8 Å². The number of amides is 1. The Kier molecular flexibility index (Phi) is 7.56. The molecule has 0 heterocycles. The van der Waals surface area contributed by atoms with E-state index in [9.17, 15) is 13.2 Å². The minimum absolute atomic E-state index is 0.166. The summed E-state index contributed by atoms with van der Waals surface area (Å²) in [5, 5.41) is 3.73. The molecular formula is C18H19BrCl2N2O3S. The van der Waals surface area contributed by atoms with E-state index >= 15 is 0 Å². The monoisotopic (exact) mass is 492 g/mol. The number of anilines is 2. The van der Waals surface area contributed by atoms with Crippen LogP contribution in [0.5, 0.6) is 0 Å². The number of carbonyl (C=O) groups is 1. The summed E-state index contributed by atoms with van der Waals surface area (Å²) < 4.78 is 26.4. The minimum Gasteiger partial charge on any atom is -0.326 e. The molecule has 0 aliphatic rings. The Hall–Kier alpha value is -1.28. The summed E-state index contributed by atoms with van der Waals surface area (Å²) in [5.74, 6) is -0.218. The van der Waals surface area contributed by atoms with Gasteiger partial charge in [-0.25, -0.2) is 8.42 Å². The van der Waals surface area contributed by atoms with E-state index in [4.69, 9.17) is 23.2 Å². The van der Waals surface area contributed by atoms with Crippen molar-refractivity contribution >= 4 is 66.4 Å². The molecule has 9 heteroatoms. The van der Waals surface area contributed by atoms with Crippen molar-refractivity contribution in [2.24, 2.45) is 0 Å². The van der Waals surface area contributed by atoms with Crippen molar-refractivity contribution in [1.29, 1.82) is 0 Å². The van der Waals surface area contributed by atoms with E-state index in [0.29, 0.717) is 33.4 Å². The zero-order chi connectivity index (χ0) is 20.2. The standard InChI is InChI=1S/C18H19BrCl2N2O3S/c1-12-15(20)5-3-6-17(12)23(27(2,25)26)10-4-7-18(24)22-13-8-9-14(19)16(21)11-13/h3,5-6,8-9,11H,4,7,10H2,1-2H3,(H,22,24). The molecule has 0 unspecified atom stereocenters. The highest BCUT2D eigenvalue weighted by molar-refractivity contribution is 9.10. The average molecular weight is 494 g/mol. The van der Waals surface area contributed by atoms with Crippen molar-refractivity contribution < 1.29 is 13.2 Å². The molecule has 0 saturated heterocycles. The Morgan fingerprint density at radius 3 is 2.52 bits per heavy atom. The van der Waals surface area contributed by atoms with Gasteiger partial charge in [-0.1, -0.05) is 29.3 Å². The van der Waals surface area contributed by atoms with E-state index in [0.717, 1.165) is 10.7 Å². The molecule has 0 aliphatic heterocycles. The number of carbonyl (C=O) groups excluding carboxylic acids is 1. The summed E-state index contributed by atoms with van der Waals surface area (Å²) in [4.78, 5) is 12.1. The van der Waals surface area contributed by atoms with E-state index in [2.05, 4.69) is 21.2 Å². The predicted octanol–water partition coefficient (Wildman–Crippen LogP) is 5.25. The highest BCUT2D eigenvalue weighted by atomic mass is 79.9.